The molecule has 0 fully saturated rings. The molecular weight excluding hydrogens is 340 g/mol. The molecule has 5 heteroatoms. The monoisotopic (exact) mass is 352 g/mol. The second-order valence-electron chi connectivity index (χ2n) is 5.62. The van der Waals surface area contributed by atoms with Gasteiger partial charge in [-0.05, 0) is 5.56 Å². The molecule has 0 spiro atoms. The second-order valence-corrected chi connectivity index (χ2v) is 6.48. The zero-order chi connectivity index (χ0) is 17.9. The first-order valence-corrected chi connectivity index (χ1v) is 8.82. The molecule has 0 saturated carbocycles. The first kappa shape index (κ1) is 15.8. The fraction of sp³-hybridized carbons (Fsp3) is 0. The van der Waals surface area contributed by atoms with E-state index in [9.17, 15) is 10.5 Å². The Hall–Kier alpha value is -3.67. The lowest BCUT2D eigenvalue weighted by Gasteiger charge is -2.20. The Balaban J connectivity index is 1.96. The van der Waals surface area contributed by atoms with E-state index in [1.54, 1.807) is 0 Å². The molecule has 0 atom stereocenters. The van der Waals surface area contributed by atoms with Gasteiger partial charge < -0.3 is 5.32 Å². The van der Waals surface area contributed by atoms with Gasteiger partial charge in [-0.1, -0.05) is 60.7 Å². The molecule has 2 aromatic carbocycles. The fourth-order valence-electron chi connectivity index (χ4n) is 2.87. The van der Waals surface area contributed by atoms with Crippen LogP contribution >= 0.6 is 11.3 Å². The highest BCUT2D eigenvalue weighted by Gasteiger charge is 2.26. The van der Waals surface area contributed by atoms with Crippen molar-refractivity contribution in [1.29, 1.82) is 10.5 Å². The zero-order valence-corrected chi connectivity index (χ0v) is 14.4. The van der Waals surface area contributed by atoms with Gasteiger partial charge in [0.15, 0.2) is 5.57 Å². The standard InChI is InChI=1S/C21H12N4S/c22-11-16(12-23)19-18-17(14-7-3-1-4-8-14)13-26-21(18)25-20(24-19)15-9-5-2-6-10-15/h1-10,13H,(H,24,25). The van der Waals surface area contributed by atoms with Gasteiger partial charge in [-0.3, -0.25) is 0 Å². The van der Waals surface area contributed by atoms with Crippen LogP contribution in [0.3, 0.4) is 0 Å². The number of rotatable bonds is 2. The van der Waals surface area contributed by atoms with Crippen LogP contribution in [0.15, 0.2) is 76.6 Å². The van der Waals surface area contributed by atoms with Crippen LogP contribution in [0, 0.1) is 22.7 Å². The number of amidine groups is 1. The quantitative estimate of drug-likeness (QED) is 0.670. The third-order valence-electron chi connectivity index (χ3n) is 4.08. The van der Waals surface area contributed by atoms with Gasteiger partial charge in [0.05, 0.1) is 5.70 Å². The molecule has 3 aromatic rings. The Kier molecular flexibility index (Phi) is 4.07. The SMILES string of the molecule is N#CC(C#N)=C1NC(c2ccccc2)=Nc2scc(-c3ccccc3)c21. The van der Waals surface area contributed by atoms with Crippen LogP contribution in [0.5, 0.6) is 0 Å². The number of nitrogens with zero attached hydrogens (tertiary/aromatic N) is 3. The minimum atomic E-state index is 0.0464. The van der Waals surface area contributed by atoms with Gasteiger partial charge in [-0.25, -0.2) is 4.99 Å². The van der Waals surface area contributed by atoms with Crippen molar-refractivity contribution in [3.8, 4) is 23.3 Å². The third-order valence-corrected chi connectivity index (χ3v) is 4.96. The highest BCUT2D eigenvalue weighted by atomic mass is 32.1. The molecule has 0 aliphatic carbocycles. The molecule has 26 heavy (non-hydrogen) atoms. The largest absolute Gasteiger partial charge is 0.337 e. The zero-order valence-electron chi connectivity index (χ0n) is 13.6. The predicted molar refractivity (Wildman–Crippen MR) is 104 cm³/mol. The molecule has 1 aromatic heterocycles. The van der Waals surface area contributed by atoms with Crippen LogP contribution in [-0.4, -0.2) is 5.84 Å². The first-order chi connectivity index (χ1) is 12.8. The highest BCUT2D eigenvalue weighted by molar-refractivity contribution is 7.14. The van der Waals surface area contributed by atoms with E-state index in [4.69, 9.17) is 4.99 Å². The lowest BCUT2D eigenvalue weighted by molar-refractivity contribution is 1.22. The van der Waals surface area contributed by atoms with Gasteiger partial charge >= 0.3 is 0 Å². The van der Waals surface area contributed by atoms with Crippen molar-refractivity contribution in [3.05, 3.63) is 82.7 Å². The number of thiophene rings is 1. The molecule has 1 N–H and O–H groups in total. The first-order valence-electron chi connectivity index (χ1n) is 7.94. The number of fused-ring (bicyclic) bond motifs is 1. The van der Waals surface area contributed by atoms with Gasteiger partial charge in [-0.15, -0.1) is 11.3 Å². The number of nitrogens with one attached hydrogen (secondary N) is 1. The summed E-state index contributed by atoms with van der Waals surface area (Å²) in [5, 5.41) is 24.9. The molecule has 0 bridgehead atoms. The van der Waals surface area contributed by atoms with Gasteiger partial charge in [0.1, 0.15) is 23.0 Å². The number of benzene rings is 2. The van der Waals surface area contributed by atoms with E-state index in [0.717, 1.165) is 27.3 Å². The molecule has 0 radical (unpaired) electrons. The lowest BCUT2D eigenvalue weighted by Crippen LogP contribution is -2.26. The van der Waals surface area contributed by atoms with E-state index >= 15 is 0 Å². The van der Waals surface area contributed by atoms with Crippen molar-refractivity contribution < 1.29 is 0 Å². The highest BCUT2D eigenvalue weighted by Crippen LogP contribution is 2.44. The summed E-state index contributed by atoms with van der Waals surface area (Å²) in [6.07, 6.45) is 0. The summed E-state index contributed by atoms with van der Waals surface area (Å²) in [5.41, 5.74) is 4.26. The summed E-state index contributed by atoms with van der Waals surface area (Å²) in [6.45, 7) is 0. The molecule has 1 aliphatic heterocycles. The lowest BCUT2D eigenvalue weighted by atomic mass is 9.98. The maximum Gasteiger partial charge on any atom is 0.153 e. The van der Waals surface area contributed by atoms with Crippen LogP contribution in [0.1, 0.15) is 11.1 Å². The Morgan fingerprint density at radius 3 is 2.12 bits per heavy atom. The third kappa shape index (κ3) is 2.67. The Morgan fingerprint density at radius 1 is 0.885 bits per heavy atom. The van der Waals surface area contributed by atoms with Gasteiger partial charge in [0, 0.05) is 22.1 Å². The Morgan fingerprint density at radius 2 is 1.50 bits per heavy atom. The molecule has 0 amide bonds. The van der Waals surface area contributed by atoms with E-state index < -0.39 is 0 Å². The number of hydrogen-bond donors (Lipinski definition) is 1. The van der Waals surface area contributed by atoms with Gasteiger partial charge in [-0.2, -0.15) is 10.5 Å². The molecule has 4 nitrogen and oxygen atoms in total. The average Bonchev–Trinajstić information content (AvgIpc) is 3.14. The summed E-state index contributed by atoms with van der Waals surface area (Å²) in [6, 6.07) is 23.6. The van der Waals surface area contributed by atoms with E-state index in [2.05, 4.69) is 5.32 Å². The number of hydrogen-bond acceptors (Lipinski definition) is 5. The smallest absolute Gasteiger partial charge is 0.153 e. The predicted octanol–water partition coefficient (Wildman–Crippen LogP) is 4.85. The fourth-order valence-corrected chi connectivity index (χ4v) is 3.83. The Bertz CT molecular complexity index is 1090. The topological polar surface area (TPSA) is 72.0 Å². The number of nitriles is 2. The van der Waals surface area contributed by atoms with Crippen molar-refractivity contribution in [1.82, 2.24) is 5.32 Å². The maximum absolute atomic E-state index is 9.45. The van der Waals surface area contributed by atoms with E-state index in [1.807, 2.05) is 78.2 Å². The summed E-state index contributed by atoms with van der Waals surface area (Å²) < 4.78 is 0. The summed E-state index contributed by atoms with van der Waals surface area (Å²) in [5.74, 6) is 0.637. The van der Waals surface area contributed by atoms with E-state index in [-0.39, 0.29) is 5.57 Å². The van der Waals surface area contributed by atoms with Gasteiger partial charge in [0.2, 0.25) is 0 Å². The average molecular weight is 352 g/mol. The molecular formula is C21H12N4S. The molecule has 4 rings (SSSR count). The van der Waals surface area contributed by atoms with Gasteiger partial charge in [0.25, 0.3) is 0 Å². The van der Waals surface area contributed by atoms with E-state index in [0.29, 0.717) is 11.5 Å². The second kappa shape index (κ2) is 6.68. The molecule has 0 saturated heterocycles. The molecule has 1 aliphatic rings. The van der Waals surface area contributed by atoms with Crippen LogP contribution in [0.2, 0.25) is 0 Å². The summed E-state index contributed by atoms with van der Waals surface area (Å²) in [4.78, 5) is 4.73. The maximum atomic E-state index is 9.45. The number of allylic oxidation sites excluding steroid dienone is 1. The van der Waals surface area contributed by atoms with Crippen molar-refractivity contribution in [2.75, 3.05) is 0 Å². The van der Waals surface area contributed by atoms with Crippen LogP contribution in [-0.2, 0) is 0 Å². The van der Waals surface area contributed by atoms with Crippen LogP contribution < -0.4 is 5.32 Å². The van der Waals surface area contributed by atoms with Crippen molar-refractivity contribution in [2.24, 2.45) is 4.99 Å². The normalized spacial score (nSPS) is 12.2. The molecule has 2 heterocycles. The summed E-state index contributed by atoms with van der Waals surface area (Å²) >= 11 is 1.51. The van der Waals surface area contributed by atoms with Crippen LogP contribution in [0.25, 0.3) is 16.8 Å². The van der Waals surface area contributed by atoms with Crippen LogP contribution in [0.4, 0.5) is 5.00 Å². The van der Waals surface area contributed by atoms with Crippen molar-refractivity contribution in [3.63, 3.8) is 0 Å². The number of aliphatic imine (C=N–C) groups is 1. The molecule has 122 valence electrons. The van der Waals surface area contributed by atoms with Crippen molar-refractivity contribution >= 4 is 27.9 Å². The minimum Gasteiger partial charge on any atom is -0.337 e. The Labute approximate surface area is 155 Å². The summed E-state index contributed by atoms with van der Waals surface area (Å²) in [7, 11) is 0. The van der Waals surface area contributed by atoms with Crippen molar-refractivity contribution in [2.45, 2.75) is 0 Å². The van der Waals surface area contributed by atoms with E-state index in [1.165, 1.54) is 11.3 Å². The molecule has 0 unspecified atom stereocenters. The minimum absolute atomic E-state index is 0.0464.